The van der Waals surface area contributed by atoms with Crippen molar-refractivity contribution in [2.24, 2.45) is 0 Å². The lowest BCUT2D eigenvalue weighted by molar-refractivity contribution is 0.0285. The van der Waals surface area contributed by atoms with Crippen LogP contribution in [0.2, 0.25) is 5.02 Å². The average Bonchev–Trinajstić information content (AvgIpc) is 2.06. The topological polar surface area (TPSA) is 29.5 Å². The Kier molecular flexibility index (Phi) is 3.34. The molecule has 14 heavy (non-hydrogen) atoms. The van der Waals surface area contributed by atoms with Gasteiger partial charge in [-0.05, 0) is 26.0 Å². The van der Waals surface area contributed by atoms with E-state index in [1.807, 2.05) is 0 Å². The maximum absolute atomic E-state index is 12.7. The third-order valence-corrected chi connectivity index (χ3v) is 1.77. The Bertz CT molecular complexity index is 320. The largest absolute Gasteiger partial charge is 0.491 e. The van der Waals surface area contributed by atoms with E-state index in [9.17, 15) is 9.50 Å². The van der Waals surface area contributed by atoms with Gasteiger partial charge in [0.2, 0.25) is 0 Å². The van der Waals surface area contributed by atoms with E-state index in [1.54, 1.807) is 13.8 Å². The first kappa shape index (κ1) is 11.3. The molecule has 4 heteroatoms. The van der Waals surface area contributed by atoms with Crippen molar-refractivity contribution in [1.29, 1.82) is 0 Å². The summed E-state index contributed by atoms with van der Waals surface area (Å²) in [7, 11) is 0. The summed E-state index contributed by atoms with van der Waals surface area (Å²) in [6, 6.07) is 4.07. The number of hydrogen-bond acceptors (Lipinski definition) is 2. The van der Waals surface area contributed by atoms with Gasteiger partial charge in [0.05, 0.1) is 10.6 Å². The Morgan fingerprint density at radius 2 is 2.14 bits per heavy atom. The van der Waals surface area contributed by atoms with Gasteiger partial charge in [0.25, 0.3) is 0 Å². The van der Waals surface area contributed by atoms with Crippen molar-refractivity contribution in [2.75, 3.05) is 6.61 Å². The monoisotopic (exact) mass is 218 g/mol. The Morgan fingerprint density at radius 1 is 1.50 bits per heavy atom. The van der Waals surface area contributed by atoms with E-state index in [-0.39, 0.29) is 11.6 Å². The molecule has 0 fully saturated rings. The van der Waals surface area contributed by atoms with Crippen molar-refractivity contribution in [3.63, 3.8) is 0 Å². The third kappa shape index (κ3) is 3.52. The molecule has 78 valence electrons. The smallest absolute Gasteiger partial charge is 0.142 e. The molecule has 0 aromatic heterocycles. The number of ether oxygens (including phenoxy) is 1. The van der Waals surface area contributed by atoms with Crippen molar-refractivity contribution in [3.8, 4) is 5.75 Å². The molecule has 1 aromatic carbocycles. The van der Waals surface area contributed by atoms with Gasteiger partial charge in [-0.3, -0.25) is 0 Å². The summed E-state index contributed by atoms with van der Waals surface area (Å²) in [5.74, 6) is -0.0409. The second-order valence-electron chi connectivity index (χ2n) is 3.68. The van der Waals surface area contributed by atoms with Gasteiger partial charge in [-0.15, -0.1) is 0 Å². The fourth-order valence-electron chi connectivity index (χ4n) is 0.827. The van der Waals surface area contributed by atoms with E-state index < -0.39 is 11.4 Å². The summed E-state index contributed by atoms with van der Waals surface area (Å²) >= 11 is 5.55. The van der Waals surface area contributed by atoms with E-state index in [2.05, 4.69) is 0 Å². The zero-order valence-corrected chi connectivity index (χ0v) is 8.81. The highest BCUT2D eigenvalue weighted by molar-refractivity contribution is 6.30. The van der Waals surface area contributed by atoms with Crippen LogP contribution in [0.15, 0.2) is 18.2 Å². The van der Waals surface area contributed by atoms with Crippen LogP contribution in [0.3, 0.4) is 0 Å². The highest BCUT2D eigenvalue weighted by atomic mass is 35.5. The van der Waals surface area contributed by atoms with Crippen LogP contribution in [0, 0.1) is 5.82 Å². The first-order valence-corrected chi connectivity index (χ1v) is 4.56. The van der Waals surface area contributed by atoms with E-state index in [1.165, 1.54) is 18.2 Å². The molecule has 0 aliphatic rings. The lowest BCUT2D eigenvalue weighted by Crippen LogP contribution is -2.27. The van der Waals surface area contributed by atoms with Crippen molar-refractivity contribution >= 4 is 11.6 Å². The predicted octanol–water partition coefficient (Wildman–Crippen LogP) is 2.63. The average molecular weight is 219 g/mol. The molecule has 0 unspecified atom stereocenters. The quantitative estimate of drug-likeness (QED) is 0.845. The molecule has 0 aliphatic carbocycles. The lowest BCUT2D eigenvalue weighted by Gasteiger charge is -2.17. The molecular weight excluding hydrogens is 207 g/mol. The van der Waals surface area contributed by atoms with Crippen molar-refractivity contribution < 1.29 is 14.2 Å². The second kappa shape index (κ2) is 4.15. The lowest BCUT2D eigenvalue weighted by atomic mass is 10.2. The molecule has 0 spiro atoms. The summed E-state index contributed by atoms with van der Waals surface area (Å²) < 4.78 is 17.9. The normalized spacial score (nSPS) is 11.5. The highest BCUT2D eigenvalue weighted by Gasteiger charge is 2.13. The fraction of sp³-hybridized carbons (Fsp3) is 0.400. The van der Waals surface area contributed by atoms with Gasteiger partial charge >= 0.3 is 0 Å². The standard InChI is InChI=1S/C10H12ClFO2/c1-10(2,13)6-14-7-3-4-9(12)8(11)5-7/h3-5,13H,6H2,1-2H3. The molecular formula is C10H12ClFO2. The van der Waals surface area contributed by atoms with Gasteiger partial charge in [0.15, 0.2) is 0 Å². The highest BCUT2D eigenvalue weighted by Crippen LogP contribution is 2.21. The van der Waals surface area contributed by atoms with Crippen LogP contribution in [0.5, 0.6) is 5.75 Å². The minimum atomic E-state index is -0.916. The van der Waals surface area contributed by atoms with Gasteiger partial charge in [0.1, 0.15) is 18.2 Å². The molecule has 0 atom stereocenters. The van der Waals surface area contributed by atoms with E-state index in [4.69, 9.17) is 16.3 Å². The first-order valence-electron chi connectivity index (χ1n) is 4.19. The Balaban J connectivity index is 2.65. The third-order valence-electron chi connectivity index (χ3n) is 1.48. The minimum absolute atomic E-state index is 0.0123. The van der Waals surface area contributed by atoms with E-state index in [0.717, 1.165) is 0 Å². The Morgan fingerprint density at radius 3 is 2.64 bits per heavy atom. The molecule has 0 amide bonds. The molecule has 1 N–H and O–H groups in total. The number of hydrogen-bond donors (Lipinski definition) is 1. The van der Waals surface area contributed by atoms with E-state index in [0.29, 0.717) is 5.75 Å². The summed E-state index contributed by atoms with van der Waals surface area (Å²) in [6.07, 6.45) is 0. The zero-order valence-electron chi connectivity index (χ0n) is 8.05. The Hall–Kier alpha value is -0.800. The number of rotatable bonds is 3. The number of aliphatic hydroxyl groups is 1. The van der Waals surface area contributed by atoms with Crippen LogP contribution in [0.1, 0.15) is 13.8 Å². The van der Waals surface area contributed by atoms with Gasteiger partial charge in [-0.1, -0.05) is 11.6 Å². The van der Waals surface area contributed by atoms with Crippen LogP contribution in [-0.2, 0) is 0 Å². The molecule has 0 saturated carbocycles. The summed E-state index contributed by atoms with van der Waals surface area (Å²) in [6.45, 7) is 3.38. The van der Waals surface area contributed by atoms with Gasteiger partial charge in [-0.25, -0.2) is 4.39 Å². The fourth-order valence-corrected chi connectivity index (χ4v) is 0.997. The van der Waals surface area contributed by atoms with Crippen LogP contribution in [0.4, 0.5) is 4.39 Å². The predicted molar refractivity (Wildman–Crippen MR) is 53.2 cm³/mol. The molecule has 0 radical (unpaired) electrons. The second-order valence-corrected chi connectivity index (χ2v) is 4.08. The molecule has 0 aliphatic heterocycles. The molecule has 1 rings (SSSR count). The molecule has 0 bridgehead atoms. The van der Waals surface area contributed by atoms with Crippen LogP contribution >= 0.6 is 11.6 Å². The maximum atomic E-state index is 12.7. The van der Waals surface area contributed by atoms with Crippen LogP contribution < -0.4 is 4.74 Å². The van der Waals surface area contributed by atoms with Crippen LogP contribution in [0.25, 0.3) is 0 Å². The van der Waals surface area contributed by atoms with Gasteiger partial charge < -0.3 is 9.84 Å². The van der Waals surface area contributed by atoms with Gasteiger partial charge in [0, 0.05) is 6.07 Å². The molecule has 0 heterocycles. The number of halogens is 2. The maximum Gasteiger partial charge on any atom is 0.142 e. The van der Waals surface area contributed by atoms with Crippen molar-refractivity contribution in [1.82, 2.24) is 0 Å². The Labute approximate surface area is 87.3 Å². The molecule has 0 saturated heterocycles. The van der Waals surface area contributed by atoms with E-state index >= 15 is 0 Å². The first-order chi connectivity index (χ1) is 6.38. The SMILES string of the molecule is CC(C)(O)COc1ccc(F)c(Cl)c1. The van der Waals surface area contributed by atoms with Gasteiger partial charge in [-0.2, -0.15) is 0 Å². The van der Waals surface area contributed by atoms with Crippen molar-refractivity contribution in [3.05, 3.63) is 29.0 Å². The molecule has 2 nitrogen and oxygen atoms in total. The summed E-state index contributed by atoms with van der Waals surface area (Å²) in [5.41, 5.74) is -0.916. The zero-order chi connectivity index (χ0) is 10.8. The van der Waals surface area contributed by atoms with Crippen LogP contribution in [-0.4, -0.2) is 17.3 Å². The number of benzene rings is 1. The molecule has 1 aromatic rings. The summed E-state index contributed by atoms with van der Waals surface area (Å²) in [5, 5.41) is 9.38. The van der Waals surface area contributed by atoms with Crippen molar-refractivity contribution in [2.45, 2.75) is 19.4 Å². The minimum Gasteiger partial charge on any atom is -0.491 e. The summed E-state index contributed by atoms with van der Waals surface area (Å²) in [4.78, 5) is 0.